The predicted octanol–water partition coefficient (Wildman–Crippen LogP) is 2.91. The second-order valence-electron chi connectivity index (χ2n) is 4.66. The van der Waals surface area contributed by atoms with Crippen molar-refractivity contribution in [2.24, 2.45) is 0 Å². The number of thioether (sulfide) groups is 1. The summed E-state index contributed by atoms with van der Waals surface area (Å²) in [6, 6.07) is 7.39. The summed E-state index contributed by atoms with van der Waals surface area (Å²) < 4.78 is 1.85. The zero-order chi connectivity index (χ0) is 15.9. The van der Waals surface area contributed by atoms with Crippen LogP contribution in [0.5, 0.6) is 0 Å². The molecule has 5 nitrogen and oxygen atoms in total. The van der Waals surface area contributed by atoms with Crippen molar-refractivity contribution in [3.8, 4) is 0 Å². The minimum absolute atomic E-state index is 0.0481. The van der Waals surface area contributed by atoms with Crippen LogP contribution in [0.4, 0.5) is 0 Å². The van der Waals surface area contributed by atoms with Gasteiger partial charge in [0.2, 0.25) is 5.91 Å². The zero-order valence-electron chi connectivity index (χ0n) is 12.2. The molecule has 1 atom stereocenters. The third kappa shape index (κ3) is 4.61. The van der Waals surface area contributed by atoms with E-state index in [1.54, 1.807) is 24.5 Å². The Morgan fingerprint density at radius 3 is 2.91 bits per heavy atom. The Hall–Kier alpha value is -1.79. The van der Waals surface area contributed by atoms with E-state index in [1.165, 1.54) is 11.8 Å². The number of rotatable bonds is 7. The maximum absolute atomic E-state index is 12.1. The van der Waals surface area contributed by atoms with Crippen molar-refractivity contribution >= 4 is 29.3 Å². The summed E-state index contributed by atoms with van der Waals surface area (Å²) in [6.07, 6.45) is 3.39. The number of amides is 1. The Morgan fingerprint density at radius 2 is 2.23 bits per heavy atom. The van der Waals surface area contributed by atoms with Crippen LogP contribution in [0.1, 0.15) is 12.5 Å². The highest BCUT2D eigenvalue weighted by molar-refractivity contribution is 8.00. The van der Waals surface area contributed by atoms with Crippen LogP contribution < -0.4 is 5.32 Å². The van der Waals surface area contributed by atoms with Gasteiger partial charge in [-0.25, -0.2) is 0 Å². The summed E-state index contributed by atoms with van der Waals surface area (Å²) in [5.74, 6) is -0.0481. The molecule has 0 aliphatic rings. The lowest BCUT2D eigenvalue weighted by atomic mass is 10.2. The van der Waals surface area contributed by atoms with Crippen LogP contribution >= 0.6 is 23.4 Å². The largest absolute Gasteiger partial charge is 0.351 e. The first-order valence-electron chi connectivity index (χ1n) is 6.77. The Morgan fingerprint density at radius 1 is 1.50 bits per heavy atom. The summed E-state index contributed by atoms with van der Waals surface area (Å²) in [7, 11) is 0. The van der Waals surface area contributed by atoms with Crippen molar-refractivity contribution in [3.05, 3.63) is 53.8 Å². The molecule has 0 aliphatic heterocycles. The van der Waals surface area contributed by atoms with Gasteiger partial charge in [0.15, 0.2) is 5.16 Å². The van der Waals surface area contributed by atoms with Crippen molar-refractivity contribution in [2.45, 2.75) is 30.4 Å². The fourth-order valence-electron chi connectivity index (χ4n) is 1.75. The molecule has 0 bridgehead atoms. The summed E-state index contributed by atoms with van der Waals surface area (Å²) in [6.45, 7) is 6.62. The number of benzene rings is 1. The molecule has 7 heteroatoms. The van der Waals surface area contributed by atoms with E-state index in [0.717, 1.165) is 5.56 Å². The second-order valence-corrected chi connectivity index (χ2v) is 6.40. The average Bonchev–Trinajstić information content (AvgIpc) is 2.94. The van der Waals surface area contributed by atoms with Gasteiger partial charge in [-0.05, 0) is 24.6 Å². The molecule has 2 aromatic rings. The lowest BCUT2D eigenvalue weighted by Crippen LogP contribution is -2.30. The number of carbonyl (C=O) groups is 1. The molecule has 0 radical (unpaired) electrons. The SMILES string of the molecule is C=CCn1cnnc1SC(C)C(=O)NCc1ccc(Cl)cc1. The number of allylic oxidation sites excluding steroid dienone is 1. The molecule has 0 saturated carbocycles. The summed E-state index contributed by atoms with van der Waals surface area (Å²) in [4.78, 5) is 12.1. The molecule has 0 spiro atoms. The third-order valence-corrected chi connectivity index (χ3v) is 4.28. The van der Waals surface area contributed by atoms with E-state index in [-0.39, 0.29) is 11.2 Å². The smallest absolute Gasteiger partial charge is 0.233 e. The van der Waals surface area contributed by atoms with Crippen LogP contribution in [-0.2, 0) is 17.9 Å². The number of hydrogen-bond donors (Lipinski definition) is 1. The van der Waals surface area contributed by atoms with E-state index in [1.807, 2.05) is 23.6 Å². The van der Waals surface area contributed by atoms with Crippen LogP contribution in [0.2, 0.25) is 5.02 Å². The van der Waals surface area contributed by atoms with E-state index in [2.05, 4.69) is 22.1 Å². The number of nitrogens with zero attached hydrogens (tertiary/aromatic N) is 3. The summed E-state index contributed by atoms with van der Waals surface area (Å²) in [5.41, 5.74) is 1.00. The number of hydrogen-bond acceptors (Lipinski definition) is 4. The maximum atomic E-state index is 12.1. The van der Waals surface area contributed by atoms with Gasteiger partial charge in [-0.2, -0.15) is 0 Å². The fraction of sp³-hybridized carbons (Fsp3) is 0.267. The molecular weight excluding hydrogens is 320 g/mol. The molecule has 2 rings (SSSR count). The second kappa shape index (κ2) is 8.00. The Labute approximate surface area is 138 Å². The van der Waals surface area contributed by atoms with Gasteiger partial charge in [0.05, 0.1) is 5.25 Å². The number of aromatic nitrogens is 3. The Bertz CT molecular complexity index is 641. The van der Waals surface area contributed by atoms with Crippen molar-refractivity contribution in [2.75, 3.05) is 0 Å². The van der Waals surface area contributed by atoms with E-state index < -0.39 is 0 Å². The Balaban J connectivity index is 1.87. The van der Waals surface area contributed by atoms with E-state index in [9.17, 15) is 4.79 Å². The minimum Gasteiger partial charge on any atom is -0.351 e. The lowest BCUT2D eigenvalue weighted by molar-refractivity contribution is -0.120. The van der Waals surface area contributed by atoms with E-state index >= 15 is 0 Å². The normalized spacial score (nSPS) is 11.9. The van der Waals surface area contributed by atoms with Crippen LogP contribution in [0.25, 0.3) is 0 Å². The van der Waals surface area contributed by atoms with Crippen molar-refractivity contribution < 1.29 is 4.79 Å². The van der Waals surface area contributed by atoms with Gasteiger partial charge in [-0.15, -0.1) is 16.8 Å². The van der Waals surface area contributed by atoms with Gasteiger partial charge >= 0.3 is 0 Å². The minimum atomic E-state index is -0.264. The molecule has 1 unspecified atom stereocenters. The number of carbonyl (C=O) groups excluding carboxylic acids is 1. The molecule has 0 aliphatic carbocycles. The summed E-state index contributed by atoms with van der Waals surface area (Å²) in [5, 5.41) is 11.9. The average molecular weight is 337 g/mol. The standard InChI is InChI=1S/C15H17ClN4OS/c1-3-8-20-10-18-19-15(20)22-11(2)14(21)17-9-12-4-6-13(16)7-5-12/h3-7,10-11H,1,8-9H2,2H3,(H,17,21). The van der Waals surface area contributed by atoms with Gasteiger partial charge in [-0.3, -0.25) is 4.79 Å². The monoisotopic (exact) mass is 336 g/mol. The van der Waals surface area contributed by atoms with Crippen molar-refractivity contribution in [1.82, 2.24) is 20.1 Å². The highest BCUT2D eigenvalue weighted by atomic mass is 35.5. The first-order valence-corrected chi connectivity index (χ1v) is 8.03. The summed E-state index contributed by atoms with van der Waals surface area (Å²) >= 11 is 7.20. The third-order valence-electron chi connectivity index (χ3n) is 2.94. The van der Waals surface area contributed by atoms with Crippen LogP contribution in [-0.4, -0.2) is 25.9 Å². The van der Waals surface area contributed by atoms with Crippen LogP contribution in [0.15, 0.2) is 48.4 Å². The molecule has 1 amide bonds. The van der Waals surface area contributed by atoms with Gasteiger partial charge < -0.3 is 9.88 Å². The molecule has 1 heterocycles. The number of nitrogens with one attached hydrogen (secondary N) is 1. The van der Waals surface area contributed by atoms with E-state index in [4.69, 9.17) is 11.6 Å². The van der Waals surface area contributed by atoms with Crippen LogP contribution in [0.3, 0.4) is 0 Å². The zero-order valence-corrected chi connectivity index (χ0v) is 13.8. The molecule has 22 heavy (non-hydrogen) atoms. The van der Waals surface area contributed by atoms with Crippen molar-refractivity contribution in [1.29, 1.82) is 0 Å². The van der Waals surface area contributed by atoms with Gasteiger partial charge in [0, 0.05) is 18.1 Å². The van der Waals surface area contributed by atoms with Gasteiger partial charge in [0.1, 0.15) is 6.33 Å². The number of halogens is 1. The highest BCUT2D eigenvalue weighted by Gasteiger charge is 2.17. The van der Waals surface area contributed by atoms with Crippen molar-refractivity contribution in [3.63, 3.8) is 0 Å². The molecule has 1 aromatic heterocycles. The lowest BCUT2D eigenvalue weighted by Gasteiger charge is -2.12. The van der Waals surface area contributed by atoms with E-state index in [0.29, 0.717) is 23.3 Å². The fourth-order valence-corrected chi connectivity index (χ4v) is 2.73. The maximum Gasteiger partial charge on any atom is 0.233 e. The molecule has 0 fully saturated rings. The molecule has 1 N–H and O–H groups in total. The topological polar surface area (TPSA) is 59.8 Å². The van der Waals surface area contributed by atoms with Gasteiger partial charge in [0.25, 0.3) is 0 Å². The highest BCUT2D eigenvalue weighted by Crippen LogP contribution is 2.21. The molecule has 116 valence electrons. The van der Waals surface area contributed by atoms with Crippen LogP contribution in [0, 0.1) is 0 Å². The molecule has 0 saturated heterocycles. The molecular formula is C15H17ClN4OS. The first kappa shape index (κ1) is 16.6. The predicted molar refractivity (Wildman–Crippen MR) is 88.8 cm³/mol. The van der Waals surface area contributed by atoms with Gasteiger partial charge in [-0.1, -0.05) is 41.6 Å². The molecule has 1 aromatic carbocycles. The quantitative estimate of drug-likeness (QED) is 0.624. The first-order chi connectivity index (χ1) is 10.6. The Kier molecular flexibility index (Phi) is 6.03.